The van der Waals surface area contributed by atoms with E-state index in [1.54, 1.807) is 12.1 Å². The van der Waals surface area contributed by atoms with Crippen molar-refractivity contribution in [1.82, 2.24) is 0 Å². The van der Waals surface area contributed by atoms with Gasteiger partial charge in [-0.2, -0.15) is 13.2 Å². The molecule has 1 N–H and O–H groups in total. The van der Waals surface area contributed by atoms with Gasteiger partial charge in [0, 0.05) is 0 Å². The maximum atomic E-state index is 12.2. The summed E-state index contributed by atoms with van der Waals surface area (Å²) in [5, 5.41) is 8.95. The third-order valence-electron chi connectivity index (χ3n) is 2.06. The van der Waals surface area contributed by atoms with Crippen molar-refractivity contribution in [2.45, 2.75) is 19.2 Å². The van der Waals surface area contributed by atoms with E-state index in [0.29, 0.717) is 5.56 Å². The lowest BCUT2D eigenvalue weighted by Crippen LogP contribution is -2.29. The number of halogens is 3. The highest BCUT2D eigenvalue weighted by molar-refractivity contribution is 5.67. The molecule has 1 aromatic rings. The van der Waals surface area contributed by atoms with Crippen LogP contribution in [-0.2, 0) is 0 Å². The van der Waals surface area contributed by atoms with Crippen LogP contribution in [-0.4, -0.2) is 17.4 Å². The first-order valence-corrected chi connectivity index (χ1v) is 4.33. The zero-order chi connectivity index (χ0) is 11.6. The van der Waals surface area contributed by atoms with E-state index in [0.717, 1.165) is 5.56 Å². The predicted octanol–water partition coefficient (Wildman–Crippen LogP) is 2.93. The first-order chi connectivity index (χ1) is 6.82. The van der Waals surface area contributed by atoms with Crippen LogP contribution in [0.15, 0.2) is 30.8 Å². The summed E-state index contributed by atoms with van der Waals surface area (Å²) in [6, 6.07) is 6.35. The fourth-order valence-corrected chi connectivity index (χ4v) is 1.12. The van der Waals surface area contributed by atoms with Gasteiger partial charge in [0.2, 0.25) is 0 Å². The highest BCUT2D eigenvalue weighted by Gasteiger charge is 2.40. The number of aryl methyl sites for hydroxylation is 1. The van der Waals surface area contributed by atoms with Crippen LogP contribution in [0.1, 0.15) is 11.1 Å². The molecule has 82 valence electrons. The monoisotopic (exact) mass is 216 g/mol. The SMILES string of the molecule is C=C(c1ccc(C)cc1)C(O)C(F)(F)F. The summed E-state index contributed by atoms with van der Waals surface area (Å²) >= 11 is 0. The molecule has 0 aliphatic heterocycles. The number of aliphatic hydroxyl groups is 1. The van der Waals surface area contributed by atoms with Crippen LogP contribution >= 0.6 is 0 Å². The maximum Gasteiger partial charge on any atom is 0.418 e. The first-order valence-electron chi connectivity index (χ1n) is 4.33. The van der Waals surface area contributed by atoms with Gasteiger partial charge in [-0.1, -0.05) is 36.4 Å². The lowest BCUT2D eigenvalue weighted by atomic mass is 10.0. The first kappa shape index (κ1) is 11.8. The van der Waals surface area contributed by atoms with Gasteiger partial charge in [0.15, 0.2) is 6.10 Å². The molecule has 1 unspecified atom stereocenters. The summed E-state index contributed by atoms with van der Waals surface area (Å²) in [5.74, 6) is 0. The molecule has 1 atom stereocenters. The number of alkyl halides is 3. The minimum Gasteiger partial charge on any atom is -0.379 e. The molecule has 0 radical (unpaired) electrons. The Bertz CT molecular complexity index is 351. The second kappa shape index (κ2) is 4.06. The Hall–Kier alpha value is -1.29. The van der Waals surface area contributed by atoms with Crippen molar-refractivity contribution in [3.8, 4) is 0 Å². The summed E-state index contributed by atoms with van der Waals surface area (Å²) in [6.45, 7) is 5.08. The van der Waals surface area contributed by atoms with Crippen LogP contribution in [0, 0.1) is 6.92 Å². The molecule has 0 spiro atoms. The standard InChI is InChI=1S/C11H11F3O/c1-7-3-5-9(6-4-7)8(2)10(15)11(12,13)14/h3-6,10,15H,2H2,1H3. The van der Waals surface area contributed by atoms with Gasteiger partial charge in [-0.15, -0.1) is 0 Å². The lowest BCUT2D eigenvalue weighted by Gasteiger charge is -2.17. The van der Waals surface area contributed by atoms with Crippen molar-refractivity contribution in [3.63, 3.8) is 0 Å². The van der Waals surface area contributed by atoms with Crippen LogP contribution in [0.2, 0.25) is 0 Å². The van der Waals surface area contributed by atoms with Gasteiger partial charge < -0.3 is 5.11 Å². The maximum absolute atomic E-state index is 12.2. The van der Waals surface area contributed by atoms with E-state index in [1.165, 1.54) is 12.1 Å². The van der Waals surface area contributed by atoms with Crippen LogP contribution < -0.4 is 0 Å². The molecule has 0 heterocycles. The highest BCUT2D eigenvalue weighted by atomic mass is 19.4. The quantitative estimate of drug-likeness (QED) is 0.805. The van der Waals surface area contributed by atoms with E-state index in [2.05, 4.69) is 6.58 Å². The minimum absolute atomic E-state index is 0.297. The molecule has 1 nitrogen and oxygen atoms in total. The Morgan fingerprint density at radius 1 is 1.27 bits per heavy atom. The van der Waals surface area contributed by atoms with E-state index >= 15 is 0 Å². The highest BCUT2D eigenvalue weighted by Crippen LogP contribution is 2.29. The summed E-state index contributed by atoms with van der Waals surface area (Å²) in [6.07, 6.45) is -7.16. The molecule has 0 saturated carbocycles. The Morgan fingerprint density at radius 3 is 2.13 bits per heavy atom. The fourth-order valence-electron chi connectivity index (χ4n) is 1.12. The Labute approximate surface area is 85.9 Å². The van der Waals surface area contributed by atoms with Gasteiger partial charge in [-0.3, -0.25) is 0 Å². The van der Waals surface area contributed by atoms with Crippen molar-refractivity contribution in [1.29, 1.82) is 0 Å². The van der Waals surface area contributed by atoms with Gasteiger partial charge in [0.1, 0.15) is 0 Å². The summed E-state index contributed by atoms with van der Waals surface area (Å²) in [7, 11) is 0. The van der Waals surface area contributed by atoms with Crippen LogP contribution in [0.25, 0.3) is 5.57 Å². The van der Waals surface area contributed by atoms with Gasteiger partial charge in [-0.05, 0) is 18.1 Å². The molecule has 0 fully saturated rings. The van der Waals surface area contributed by atoms with Gasteiger partial charge in [-0.25, -0.2) is 0 Å². The molecule has 1 rings (SSSR count). The van der Waals surface area contributed by atoms with Gasteiger partial charge in [0.05, 0.1) is 0 Å². The molecule has 0 amide bonds. The molecular weight excluding hydrogens is 205 g/mol. The van der Waals surface area contributed by atoms with E-state index in [4.69, 9.17) is 5.11 Å². The minimum atomic E-state index is -4.66. The molecule has 4 heteroatoms. The van der Waals surface area contributed by atoms with E-state index in [9.17, 15) is 13.2 Å². The van der Waals surface area contributed by atoms with Crippen molar-refractivity contribution in [2.24, 2.45) is 0 Å². The van der Waals surface area contributed by atoms with Gasteiger partial charge in [0.25, 0.3) is 0 Å². The molecule has 0 saturated heterocycles. The van der Waals surface area contributed by atoms with Crippen LogP contribution in [0.5, 0.6) is 0 Å². The zero-order valence-corrected chi connectivity index (χ0v) is 8.17. The van der Waals surface area contributed by atoms with E-state index in [1.807, 2.05) is 6.92 Å². The number of hydrogen-bond donors (Lipinski definition) is 1. The molecule has 1 aromatic carbocycles. The second-order valence-corrected chi connectivity index (χ2v) is 3.34. The summed E-state index contributed by atoms with van der Waals surface area (Å²) < 4.78 is 36.5. The Morgan fingerprint density at radius 2 is 1.73 bits per heavy atom. The normalized spacial score (nSPS) is 13.7. The van der Waals surface area contributed by atoms with Crippen LogP contribution in [0.4, 0.5) is 13.2 Å². The van der Waals surface area contributed by atoms with E-state index in [-0.39, 0.29) is 5.57 Å². The largest absolute Gasteiger partial charge is 0.418 e. The molecular formula is C11H11F3O. The Kier molecular flexibility index (Phi) is 3.19. The molecule has 0 aromatic heterocycles. The van der Waals surface area contributed by atoms with Gasteiger partial charge >= 0.3 is 6.18 Å². The van der Waals surface area contributed by atoms with Crippen molar-refractivity contribution >= 4 is 5.57 Å². The molecule has 15 heavy (non-hydrogen) atoms. The average molecular weight is 216 g/mol. The lowest BCUT2D eigenvalue weighted by molar-refractivity contribution is -0.184. The third kappa shape index (κ3) is 2.83. The van der Waals surface area contributed by atoms with Crippen molar-refractivity contribution in [3.05, 3.63) is 42.0 Å². The van der Waals surface area contributed by atoms with Crippen LogP contribution in [0.3, 0.4) is 0 Å². The predicted molar refractivity (Wildman–Crippen MR) is 52.3 cm³/mol. The van der Waals surface area contributed by atoms with Crippen molar-refractivity contribution < 1.29 is 18.3 Å². The molecule has 0 bridgehead atoms. The number of benzene rings is 1. The average Bonchev–Trinajstić information content (AvgIpc) is 2.15. The zero-order valence-electron chi connectivity index (χ0n) is 8.17. The van der Waals surface area contributed by atoms with E-state index < -0.39 is 12.3 Å². The number of aliphatic hydroxyl groups excluding tert-OH is 1. The summed E-state index contributed by atoms with van der Waals surface area (Å²) in [5.41, 5.74) is 0.904. The second-order valence-electron chi connectivity index (χ2n) is 3.34. The number of rotatable bonds is 2. The van der Waals surface area contributed by atoms with Crippen molar-refractivity contribution in [2.75, 3.05) is 0 Å². The summed E-state index contributed by atoms with van der Waals surface area (Å²) in [4.78, 5) is 0. The topological polar surface area (TPSA) is 20.2 Å². The third-order valence-corrected chi connectivity index (χ3v) is 2.06. The molecule has 0 aliphatic rings. The smallest absolute Gasteiger partial charge is 0.379 e. The number of hydrogen-bond acceptors (Lipinski definition) is 1. The Balaban J connectivity index is 2.90. The fraction of sp³-hybridized carbons (Fsp3) is 0.273. The molecule has 0 aliphatic carbocycles.